The molecule has 0 bridgehead atoms. The SMILES string of the molecule is CCCN(CC(F)(F)F)S(=O)(=O)c1cc(C)c(C)cc1N. The van der Waals surface area contributed by atoms with E-state index in [9.17, 15) is 21.6 Å². The standard InChI is InChI=1S/C13H19F3N2O2S/c1-4-5-18(8-13(14,15)16)21(19,20)12-7-10(3)9(2)6-11(12)17/h6-7H,4-5,8,17H2,1-3H3. The third-order valence-electron chi connectivity index (χ3n) is 3.07. The van der Waals surface area contributed by atoms with Crippen LogP contribution in [0, 0.1) is 13.8 Å². The molecule has 0 aliphatic rings. The highest BCUT2D eigenvalue weighted by Crippen LogP contribution is 2.28. The Bertz CT molecular complexity index is 613. The molecule has 0 unspecified atom stereocenters. The first-order valence-electron chi connectivity index (χ1n) is 6.42. The van der Waals surface area contributed by atoms with Gasteiger partial charge in [-0.1, -0.05) is 6.92 Å². The number of nitrogen functional groups attached to an aromatic ring is 1. The average molecular weight is 324 g/mol. The van der Waals surface area contributed by atoms with Gasteiger partial charge in [-0.2, -0.15) is 17.5 Å². The lowest BCUT2D eigenvalue weighted by molar-refractivity contribution is -0.136. The smallest absolute Gasteiger partial charge is 0.398 e. The first-order chi connectivity index (χ1) is 9.49. The Balaban J connectivity index is 3.32. The first kappa shape index (κ1) is 17.8. The van der Waals surface area contributed by atoms with E-state index in [1.54, 1.807) is 20.8 Å². The topological polar surface area (TPSA) is 63.4 Å². The molecule has 0 aromatic heterocycles. The fourth-order valence-corrected chi connectivity index (χ4v) is 3.61. The molecule has 0 radical (unpaired) electrons. The zero-order valence-corrected chi connectivity index (χ0v) is 13.0. The summed E-state index contributed by atoms with van der Waals surface area (Å²) in [5, 5.41) is 0. The van der Waals surface area contributed by atoms with E-state index in [0.29, 0.717) is 9.87 Å². The molecule has 0 heterocycles. The molecule has 1 aromatic rings. The van der Waals surface area contributed by atoms with Gasteiger partial charge in [0.2, 0.25) is 10.0 Å². The van der Waals surface area contributed by atoms with E-state index in [0.717, 1.165) is 5.56 Å². The van der Waals surface area contributed by atoms with Crippen LogP contribution in [0.15, 0.2) is 17.0 Å². The summed E-state index contributed by atoms with van der Waals surface area (Å²) in [4.78, 5) is -0.275. The molecule has 1 aromatic carbocycles. The Labute approximate surface area is 122 Å². The van der Waals surface area contributed by atoms with Crippen LogP contribution in [0.1, 0.15) is 24.5 Å². The van der Waals surface area contributed by atoms with Crippen LogP contribution in [0.5, 0.6) is 0 Å². The van der Waals surface area contributed by atoms with Gasteiger partial charge in [0.25, 0.3) is 0 Å². The summed E-state index contributed by atoms with van der Waals surface area (Å²) in [7, 11) is -4.28. The first-order valence-corrected chi connectivity index (χ1v) is 7.86. The third-order valence-corrected chi connectivity index (χ3v) is 4.97. The van der Waals surface area contributed by atoms with Crippen molar-refractivity contribution in [2.45, 2.75) is 38.3 Å². The van der Waals surface area contributed by atoms with Gasteiger partial charge in [-0.15, -0.1) is 0 Å². The highest BCUT2D eigenvalue weighted by Gasteiger charge is 2.37. The minimum absolute atomic E-state index is 0.0404. The van der Waals surface area contributed by atoms with Crippen LogP contribution in [0.25, 0.3) is 0 Å². The van der Waals surface area contributed by atoms with Gasteiger partial charge in [0.05, 0.1) is 5.69 Å². The lowest BCUT2D eigenvalue weighted by Crippen LogP contribution is -2.39. The molecule has 0 fully saturated rings. The summed E-state index contributed by atoms with van der Waals surface area (Å²) in [6, 6.07) is 2.78. The van der Waals surface area contributed by atoms with Crippen LogP contribution >= 0.6 is 0 Å². The normalized spacial score (nSPS) is 12.9. The zero-order valence-electron chi connectivity index (χ0n) is 12.2. The summed E-state index contributed by atoms with van der Waals surface area (Å²) in [5.74, 6) is 0. The number of aryl methyl sites for hydroxylation is 2. The number of halogens is 3. The molecular weight excluding hydrogens is 305 g/mol. The molecule has 0 aliphatic carbocycles. The average Bonchev–Trinajstić information content (AvgIpc) is 2.31. The maximum Gasteiger partial charge on any atom is 0.402 e. The van der Waals surface area contributed by atoms with Crippen LogP contribution in [0.2, 0.25) is 0 Å². The van der Waals surface area contributed by atoms with Crippen molar-refractivity contribution in [3.8, 4) is 0 Å². The Hall–Kier alpha value is -1.28. The summed E-state index contributed by atoms with van der Waals surface area (Å²) >= 11 is 0. The van der Waals surface area contributed by atoms with Crippen molar-refractivity contribution < 1.29 is 21.6 Å². The predicted octanol–water partition coefficient (Wildman–Crippen LogP) is 2.85. The molecule has 0 aliphatic heterocycles. The monoisotopic (exact) mass is 324 g/mol. The van der Waals surface area contributed by atoms with E-state index < -0.39 is 22.7 Å². The molecule has 2 N–H and O–H groups in total. The Morgan fingerprint density at radius 1 is 1.19 bits per heavy atom. The number of nitrogens with zero attached hydrogens (tertiary/aromatic N) is 1. The fourth-order valence-electron chi connectivity index (χ4n) is 1.91. The number of sulfonamides is 1. The summed E-state index contributed by atoms with van der Waals surface area (Å²) in [6.45, 7) is 3.32. The molecular formula is C13H19F3N2O2S. The van der Waals surface area contributed by atoms with E-state index in [-0.39, 0.29) is 23.5 Å². The third kappa shape index (κ3) is 4.34. The second-order valence-corrected chi connectivity index (χ2v) is 6.83. The van der Waals surface area contributed by atoms with E-state index in [1.165, 1.54) is 12.1 Å². The minimum Gasteiger partial charge on any atom is -0.398 e. The van der Waals surface area contributed by atoms with Crippen molar-refractivity contribution in [2.75, 3.05) is 18.8 Å². The van der Waals surface area contributed by atoms with Gasteiger partial charge in [-0.3, -0.25) is 0 Å². The lowest BCUT2D eigenvalue weighted by atomic mass is 10.1. The van der Waals surface area contributed by atoms with Gasteiger partial charge in [0, 0.05) is 6.54 Å². The van der Waals surface area contributed by atoms with Crippen LogP contribution < -0.4 is 5.73 Å². The van der Waals surface area contributed by atoms with E-state index in [4.69, 9.17) is 5.73 Å². The summed E-state index contributed by atoms with van der Waals surface area (Å²) < 4.78 is 63.0. The van der Waals surface area contributed by atoms with Crippen molar-refractivity contribution in [3.63, 3.8) is 0 Å². The highest BCUT2D eigenvalue weighted by molar-refractivity contribution is 7.89. The molecule has 120 valence electrons. The second kappa shape index (κ2) is 6.23. The number of anilines is 1. The number of hydrogen-bond donors (Lipinski definition) is 1. The van der Waals surface area contributed by atoms with E-state index in [1.807, 2.05) is 0 Å². The number of alkyl halides is 3. The van der Waals surface area contributed by atoms with Crippen LogP contribution in [-0.4, -0.2) is 32.0 Å². The molecule has 0 saturated carbocycles. The van der Waals surface area contributed by atoms with Crippen molar-refractivity contribution in [3.05, 3.63) is 23.3 Å². The van der Waals surface area contributed by atoms with Crippen LogP contribution in [0.3, 0.4) is 0 Å². The van der Waals surface area contributed by atoms with Crippen LogP contribution in [0.4, 0.5) is 18.9 Å². The zero-order chi connectivity index (χ0) is 16.4. The predicted molar refractivity (Wildman–Crippen MR) is 75.4 cm³/mol. The molecule has 0 amide bonds. The molecule has 21 heavy (non-hydrogen) atoms. The molecule has 8 heteroatoms. The van der Waals surface area contributed by atoms with E-state index in [2.05, 4.69) is 0 Å². The quantitative estimate of drug-likeness (QED) is 0.847. The van der Waals surface area contributed by atoms with Gasteiger partial charge in [0.15, 0.2) is 0 Å². The van der Waals surface area contributed by atoms with Crippen molar-refractivity contribution in [2.24, 2.45) is 0 Å². The van der Waals surface area contributed by atoms with Crippen molar-refractivity contribution in [1.29, 1.82) is 0 Å². The van der Waals surface area contributed by atoms with E-state index >= 15 is 0 Å². The second-order valence-electron chi connectivity index (χ2n) is 4.93. The Morgan fingerprint density at radius 2 is 1.71 bits per heavy atom. The largest absolute Gasteiger partial charge is 0.402 e. The van der Waals surface area contributed by atoms with Gasteiger partial charge in [0.1, 0.15) is 11.4 Å². The number of rotatable bonds is 5. The number of nitrogens with two attached hydrogens (primary N) is 1. The molecule has 0 spiro atoms. The van der Waals surface area contributed by atoms with Gasteiger partial charge in [-0.05, 0) is 43.5 Å². The summed E-state index contributed by atoms with van der Waals surface area (Å²) in [6.07, 6.45) is -4.32. The number of benzene rings is 1. The molecule has 4 nitrogen and oxygen atoms in total. The van der Waals surface area contributed by atoms with Gasteiger partial charge >= 0.3 is 6.18 Å². The minimum atomic E-state index is -4.60. The highest BCUT2D eigenvalue weighted by atomic mass is 32.2. The molecule has 1 rings (SSSR count). The van der Waals surface area contributed by atoms with Gasteiger partial charge in [-0.25, -0.2) is 8.42 Å². The molecule has 0 saturated heterocycles. The number of hydrogen-bond acceptors (Lipinski definition) is 3. The lowest BCUT2D eigenvalue weighted by Gasteiger charge is -2.24. The summed E-state index contributed by atoms with van der Waals surface area (Å²) in [5.41, 5.74) is 7.09. The molecule has 0 atom stereocenters. The fraction of sp³-hybridized carbons (Fsp3) is 0.538. The Morgan fingerprint density at radius 3 is 2.19 bits per heavy atom. The Kier molecular flexibility index (Phi) is 5.27. The van der Waals surface area contributed by atoms with Crippen LogP contribution in [-0.2, 0) is 10.0 Å². The maximum atomic E-state index is 12.6. The van der Waals surface area contributed by atoms with Crippen molar-refractivity contribution >= 4 is 15.7 Å². The maximum absolute atomic E-state index is 12.6. The van der Waals surface area contributed by atoms with Crippen molar-refractivity contribution in [1.82, 2.24) is 4.31 Å². The van der Waals surface area contributed by atoms with Gasteiger partial charge < -0.3 is 5.73 Å².